The van der Waals surface area contributed by atoms with Gasteiger partial charge in [0.25, 0.3) is 10.1 Å². The van der Waals surface area contributed by atoms with Gasteiger partial charge < -0.3 is 10.4 Å². The predicted octanol–water partition coefficient (Wildman–Crippen LogP) is 15.5. The number of carbonyl (C=O) groups is 1. The summed E-state index contributed by atoms with van der Waals surface area (Å²) in [6.45, 7) is 4.56. The third-order valence-electron chi connectivity index (χ3n) is 11.6. The van der Waals surface area contributed by atoms with E-state index in [2.05, 4.69) is 31.3 Å². The van der Waals surface area contributed by atoms with Gasteiger partial charge in [-0.2, -0.15) is 8.42 Å². The fourth-order valence-electron chi connectivity index (χ4n) is 7.88. The van der Waals surface area contributed by atoms with Crippen molar-refractivity contribution >= 4 is 16.0 Å². The third-order valence-corrected chi connectivity index (χ3v) is 12.4. The molecule has 57 heavy (non-hydrogen) atoms. The first kappa shape index (κ1) is 55.8. The molecule has 0 aliphatic rings. The lowest BCUT2D eigenvalue weighted by molar-refractivity contribution is -0.122. The van der Waals surface area contributed by atoms with E-state index in [0.29, 0.717) is 6.42 Å². The zero-order valence-corrected chi connectivity index (χ0v) is 38.8. The molecule has 0 spiro atoms. The van der Waals surface area contributed by atoms with Crippen LogP contribution in [0, 0.1) is 0 Å². The Labute approximate surface area is 355 Å². The van der Waals surface area contributed by atoms with Crippen LogP contribution < -0.4 is 5.32 Å². The fourth-order valence-corrected chi connectivity index (χ4v) is 8.61. The summed E-state index contributed by atoms with van der Waals surface area (Å²) < 4.78 is 32.6. The molecule has 338 valence electrons. The van der Waals surface area contributed by atoms with Crippen LogP contribution in [0.25, 0.3) is 0 Å². The number of carbonyl (C=O) groups excluding carboxylic acids is 1. The van der Waals surface area contributed by atoms with Crippen LogP contribution in [0.4, 0.5) is 0 Å². The van der Waals surface area contributed by atoms with E-state index in [1.54, 1.807) is 0 Å². The highest BCUT2D eigenvalue weighted by Crippen LogP contribution is 2.17. The highest BCUT2D eigenvalue weighted by molar-refractivity contribution is 7.85. The minimum Gasteiger partial charge on any atom is -0.387 e. The van der Waals surface area contributed by atoms with Crippen LogP contribution in [0.5, 0.6) is 0 Å². The monoisotopic (exact) mass is 824 g/mol. The Morgan fingerprint density at radius 3 is 1.11 bits per heavy atom. The molecule has 0 radical (unpaired) electrons. The second-order valence-corrected chi connectivity index (χ2v) is 18.9. The van der Waals surface area contributed by atoms with Gasteiger partial charge in [0, 0.05) is 6.42 Å². The first-order valence-corrected chi connectivity index (χ1v) is 26.6. The molecule has 3 N–H and O–H groups in total. The number of aliphatic hydroxyl groups excluding tert-OH is 1. The molecule has 0 rings (SSSR count). The topological polar surface area (TPSA) is 104 Å². The van der Waals surface area contributed by atoms with E-state index in [-0.39, 0.29) is 5.91 Å². The largest absolute Gasteiger partial charge is 0.387 e. The Hall–Kier alpha value is -1.18. The van der Waals surface area contributed by atoms with E-state index < -0.39 is 28.0 Å². The summed E-state index contributed by atoms with van der Waals surface area (Å²) in [6.07, 6.45) is 57.6. The van der Waals surface area contributed by atoms with E-state index in [1.807, 2.05) is 6.08 Å². The number of nitrogens with one attached hydrogen (secondary N) is 1. The first-order chi connectivity index (χ1) is 27.8. The van der Waals surface area contributed by atoms with Crippen LogP contribution >= 0.6 is 0 Å². The lowest BCUT2D eigenvalue weighted by atomic mass is 10.0. The molecule has 2 atom stereocenters. The fraction of sp³-hybridized carbons (Fsp3) is 0.900. The van der Waals surface area contributed by atoms with Crippen molar-refractivity contribution in [2.24, 2.45) is 0 Å². The van der Waals surface area contributed by atoms with E-state index >= 15 is 0 Å². The molecule has 0 aromatic rings. The van der Waals surface area contributed by atoms with E-state index in [4.69, 9.17) is 0 Å². The van der Waals surface area contributed by atoms with Crippen molar-refractivity contribution in [2.45, 2.75) is 283 Å². The Kier molecular flexibility index (Phi) is 43.5. The second kappa shape index (κ2) is 44.4. The van der Waals surface area contributed by atoms with Gasteiger partial charge in [0.05, 0.1) is 17.9 Å². The lowest BCUT2D eigenvalue weighted by Crippen LogP contribution is -2.46. The molecular weight excluding hydrogens is 727 g/mol. The van der Waals surface area contributed by atoms with Gasteiger partial charge >= 0.3 is 0 Å². The molecule has 0 saturated carbocycles. The van der Waals surface area contributed by atoms with Crippen molar-refractivity contribution in [1.82, 2.24) is 5.32 Å². The van der Waals surface area contributed by atoms with Crippen molar-refractivity contribution < 1.29 is 22.9 Å². The normalized spacial score (nSPS) is 13.3. The molecule has 0 saturated heterocycles. The number of amides is 1. The summed E-state index contributed by atoms with van der Waals surface area (Å²) in [4.78, 5) is 12.6. The van der Waals surface area contributed by atoms with Crippen LogP contribution in [0.2, 0.25) is 0 Å². The minimum atomic E-state index is -4.35. The van der Waals surface area contributed by atoms with E-state index in [9.17, 15) is 22.9 Å². The van der Waals surface area contributed by atoms with Gasteiger partial charge in [0.1, 0.15) is 0 Å². The molecule has 0 bridgehead atoms. The molecule has 1 amide bonds. The maximum absolute atomic E-state index is 12.6. The average Bonchev–Trinajstić information content (AvgIpc) is 3.18. The Morgan fingerprint density at radius 1 is 0.456 bits per heavy atom. The zero-order chi connectivity index (χ0) is 41.8. The second-order valence-electron chi connectivity index (χ2n) is 17.4. The van der Waals surface area contributed by atoms with Crippen LogP contribution in [-0.4, -0.2) is 41.9 Å². The molecule has 6 nitrogen and oxygen atoms in total. The van der Waals surface area contributed by atoms with Crippen LogP contribution in [0.1, 0.15) is 271 Å². The maximum atomic E-state index is 12.6. The van der Waals surface area contributed by atoms with Crippen molar-refractivity contribution in [2.75, 3.05) is 5.75 Å². The summed E-state index contributed by atoms with van der Waals surface area (Å²) in [5, 5.41) is 13.3. The van der Waals surface area contributed by atoms with Gasteiger partial charge in [0.15, 0.2) is 0 Å². The highest BCUT2D eigenvalue weighted by atomic mass is 32.2. The standard InChI is InChI=1S/C50H97NO5S/c1-3-5-7-9-11-13-15-17-19-21-23-25-27-29-31-33-35-37-39-41-43-45-49(52)48(47-57(54,55)56)51-50(53)46-44-42-40-38-36-34-32-30-28-26-24-22-20-18-16-14-12-10-8-6-4-2/h35,37,43,45,48-49,52H,3-34,36,38-42,44,46-47H2,1-2H3,(H,51,53)(H,54,55,56)/b37-35+,45-43+. The van der Waals surface area contributed by atoms with Gasteiger partial charge in [0.2, 0.25) is 5.91 Å². The lowest BCUT2D eigenvalue weighted by Gasteiger charge is -2.21. The summed E-state index contributed by atoms with van der Waals surface area (Å²) in [6, 6.07) is -1.07. The molecule has 0 aliphatic carbocycles. The van der Waals surface area contributed by atoms with Gasteiger partial charge in [-0.1, -0.05) is 256 Å². The van der Waals surface area contributed by atoms with Crippen LogP contribution in [0.15, 0.2) is 24.3 Å². The summed E-state index contributed by atoms with van der Waals surface area (Å²) in [5.74, 6) is -0.987. The molecular formula is C50H97NO5S. The van der Waals surface area contributed by atoms with Gasteiger partial charge in [-0.25, -0.2) is 0 Å². The van der Waals surface area contributed by atoms with Gasteiger partial charge in [-0.15, -0.1) is 0 Å². The Balaban J connectivity index is 3.82. The minimum absolute atomic E-state index is 0.282. The van der Waals surface area contributed by atoms with Crippen molar-refractivity contribution in [3.8, 4) is 0 Å². The number of unbranched alkanes of at least 4 members (excludes halogenated alkanes) is 36. The average molecular weight is 824 g/mol. The number of rotatable bonds is 46. The Morgan fingerprint density at radius 2 is 0.754 bits per heavy atom. The third kappa shape index (κ3) is 45.7. The summed E-state index contributed by atoms with van der Waals surface area (Å²) >= 11 is 0. The first-order valence-electron chi connectivity index (χ1n) is 25.0. The summed E-state index contributed by atoms with van der Waals surface area (Å²) in [7, 11) is -4.35. The molecule has 0 aliphatic heterocycles. The number of hydrogen-bond acceptors (Lipinski definition) is 4. The highest BCUT2D eigenvalue weighted by Gasteiger charge is 2.24. The molecule has 0 fully saturated rings. The Bertz CT molecular complexity index is 997. The number of aliphatic hydroxyl groups is 1. The van der Waals surface area contributed by atoms with Gasteiger partial charge in [-0.3, -0.25) is 9.35 Å². The van der Waals surface area contributed by atoms with E-state index in [0.717, 1.165) is 38.5 Å². The van der Waals surface area contributed by atoms with Crippen molar-refractivity contribution in [1.29, 1.82) is 0 Å². The van der Waals surface area contributed by atoms with Crippen molar-refractivity contribution in [3.05, 3.63) is 24.3 Å². The van der Waals surface area contributed by atoms with Crippen molar-refractivity contribution in [3.63, 3.8) is 0 Å². The molecule has 7 heteroatoms. The van der Waals surface area contributed by atoms with Crippen LogP contribution in [-0.2, 0) is 14.9 Å². The number of hydrogen-bond donors (Lipinski definition) is 3. The quantitative estimate of drug-likeness (QED) is 0.0322. The van der Waals surface area contributed by atoms with E-state index in [1.165, 1.54) is 218 Å². The molecule has 0 aromatic heterocycles. The smallest absolute Gasteiger partial charge is 0.267 e. The van der Waals surface area contributed by atoms with Crippen LogP contribution in [0.3, 0.4) is 0 Å². The zero-order valence-electron chi connectivity index (χ0n) is 38.0. The predicted molar refractivity (Wildman–Crippen MR) is 249 cm³/mol. The SMILES string of the molecule is CCCCCCCCCCCCCCCCC/C=C/CC/C=C/C(O)C(CS(=O)(=O)O)NC(=O)CCCCCCCCCCCCCCCCCCCCCCC. The molecule has 0 aromatic carbocycles. The molecule has 2 unspecified atom stereocenters. The van der Waals surface area contributed by atoms with Gasteiger partial charge in [-0.05, 0) is 32.1 Å². The number of allylic oxidation sites excluding steroid dienone is 3. The summed E-state index contributed by atoms with van der Waals surface area (Å²) in [5.41, 5.74) is 0. The maximum Gasteiger partial charge on any atom is 0.267 e. The molecule has 0 heterocycles.